The first-order valence-electron chi connectivity index (χ1n) is 9.93. The molecule has 2 rings (SSSR count). The number of non-ortho nitro benzene ring substituents is 1. The number of nitro benzene ring substituents is 1. The summed E-state index contributed by atoms with van der Waals surface area (Å²) < 4.78 is 10.5. The van der Waals surface area contributed by atoms with Crippen molar-refractivity contribution < 1.29 is 24.3 Å². The molecule has 0 aromatic heterocycles. The molecule has 0 heterocycles. The van der Waals surface area contributed by atoms with Crippen LogP contribution in [0.1, 0.15) is 6.92 Å². The van der Waals surface area contributed by atoms with Crippen LogP contribution in [-0.2, 0) is 14.3 Å². The topological polar surface area (TPSA) is 127 Å². The van der Waals surface area contributed by atoms with Crippen LogP contribution in [0.5, 0.6) is 0 Å². The number of rotatable bonds is 13. The molecule has 0 aliphatic rings. The van der Waals surface area contributed by atoms with E-state index in [2.05, 4.69) is 16.8 Å². The second-order valence-electron chi connectivity index (χ2n) is 6.73. The molecule has 0 aliphatic heterocycles. The summed E-state index contributed by atoms with van der Waals surface area (Å²) in [5, 5.41) is 27.8. The second-order valence-corrected chi connectivity index (χ2v) is 6.73. The summed E-state index contributed by atoms with van der Waals surface area (Å²) in [6.45, 7) is 6.92. The molecule has 0 fully saturated rings. The predicted octanol–water partition coefficient (Wildman–Crippen LogP) is 3.94. The van der Waals surface area contributed by atoms with E-state index in [0.717, 1.165) is 5.69 Å². The predicted molar refractivity (Wildman–Crippen MR) is 120 cm³/mol. The van der Waals surface area contributed by atoms with Crippen LogP contribution in [0.3, 0.4) is 0 Å². The summed E-state index contributed by atoms with van der Waals surface area (Å²) in [7, 11) is 0. The zero-order chi connectivity index (χ0) is 23.3. The van der Waals surface area contributed by atoms with E-state index in [1.165, 1.54) is 24.3 Å². The van der Waals surface area contributed by atoms with E-state index < -0.39 is 10.9 Å². The van der Waals surface area contributed by atoms with Crippen LogP contribution in [-0.4, -0.2) is 55.5 Å². The molecule has 10 heteroatoms. The highest BCUT2D eigenvalue weighted by molar-refractivity contribution is 5.86. The van der Waals surface area contributed by atoms with Gasteiger partial charge in [-0.25, -0.2) is 4.79 Å². The SMILES string of the molecule is C=C(C)C(=O)OCCN(CCOCCO)c1ccc(N=Nc2ccc([N+](=O)[O-])cc2)cc1. The number of hydrogen-bond donors (Lipinski definition) is 1. The maximum absolute atomic E-state index is 11.6. The largest absolute Gasteiger partial charge is 0.460 e. The fraction of sp³-hybridized carbons (Fsp3) is 0.318. The molecule has 1 N–H and O–H groups in total. The number of azo groups is 1. The maximum Gasteiger partial charge on any atom is 0.333 e. The third-order valence-electron chi connectivity index (χ3n) is 4.24. The Morgan fingerprint density at radius 1 is 1.03 bits per heavy atom. The van der Waals surface area contributed by atoms with Crippen molar-refractivity contribution in [3.8, 4) is 0 Å². The Kier molecular flexibility index (Phi) is 9.95. The monoisotopic (exact) mass is 442 g/mol. The van der Waals surface area contributed by atoms with Crippen molar-refractivity contribution in [3.63, 3.8) is 0 Å². The molecule has 0 saturated heterocycles. The molecule has 2 aromatic rings. The molecule has 0 aliphatic carbocycles. The smallest absolute Gasteiger partial charge is 0.333 e. The highest BCUT2D eigenvalue weighted by Gasteiger charge is 2.10. The number of anilines is 1. The van der Waals surface area contributed by atoms with Gasteiger partial charge in [-0.3, -0.25) is 10.1 Å². The third kappa shape index (κ3) is 8.25. The minimum absolute atomic E-state index is 0.00899. The average molecular weight is 442 g/mol. The molecular formula is C22H26N4O6. The summed E-state index contributed by atoms with van der Waals surface area (Å²) >= 11 is 0. The number of nitrogens with zero attached hydrogens (tertiary/aromatic N) is 4. The van der Waals surface area contributed by atoms with Crippen molar-refractivity contribution in [3.05, 3.63) is 70.8 Å². The molecule has 0 radical (unpaired) electrons. The Morgan fingerprint density at radius 2 is 1.59 bits per heavy atom. The highest BCUT2D eigenvalue weighted by Crippen LogP contribution is 2.23. The normalized spacial score (nSPS) is 10.8. The lowest BCUT2D eigenvalue weighted by Crippen LogP contribution is -2.31. The van der Waals surface area contributed by atoms with E-state index in [4.69, 9.17) is 14.6 Å². The molecule has 0 saturated carbocycles. The minimum Gasteiger partial charge on any atom is -0.460 e. The molecule has 0 atom stereocenters. The molecule has 0 spiro atoms. The summed E-state index contributed by atoms with van der Waals surface area (Å²) in [4.78, 5) is 23.8. The zero-order valence-corrected chi connectivity index (χ0v) is 17.8. The summed E-state index contributed by atoms with van der Waals surface area (Å²) in [6.07, 6.45) is 0. The lowest BCUT2D eigenvalue weighted by Gasteiger charge is -2.24. The third-order valence-corrected chi connectivity index (χ3v) is 4.24. The van der Waals surface area contributed by atoms with Gasteiger partial charge in [0, 0.05) is 29.9 Å². The van der Waals surface area contributed by atoms with E-state index in [1.807, 2.05) is 17.0 Å². The lowest BCUT2D eigenvalue weighted by atomic mass is 10.2. The average Bonchev–Trinajstić information content (AvgIpc) is 2.79. The van der Waals surface area contributed by atoms with Crippen LogP contribution < -0.4 is 4.90 Å². The number of aliphatic hydroxyl groups excluding tert-OH is 1. The van der Waals surface area contributed by atoms with Gasteiger partial charge in [0.05, 0.1) is 42.7 Å². The van der Waals surface area contributed by atoms with Gasteiger partial charge < -0.3 is 19.5 Å². The van der Waals surface area contributed by atoms with Crippen molar-refractivity contribution in [2.75, 3.05) is 44.4 Å². The first kappa shape index (κ1) is 24.6. The van der Waals surface area contributed by atoms with Crippen molar-refractivity contribution in [1.29, 1.82) is 0 Å². The van der Waals surface area contributed by atoms with Gasteiger partial charge in [-0.05, 0) is 43.3 Å². The van der Waals surface area contributed by atoms with Gasteiger partial charge in [0.25, 0.3) is 5.69 Å². The quantitative estimate of drug-likeness (QED) is 0.124. The van der Waals surface area contributed by atoms with Crippen LogP contribution in [0.2, 0.25) is 0 Å². The van der Waals surface area contributed by atoms with Crippen molar-refractivity contribution >= 4 is 28.7 Å². The van der Waals surface area contributed by atoms with Gasteiger partial charge in [0.15, 0.2) is 0 Å². The number of ether oxygens (including phenoxy) is 2. The van der Waals surface area contributed by atoms with Gasteiger partial charge in [-0.2, -0.15) is 10.2 Å². The minimum atomic E-state index is -0.472. The molecule has 2 aromatic carbocycles. The van der Waals surface area contributed by atoms with Crippen molar-refractivity contribution in [1.82, 2.24) is 0 Å². The van der Waals surface area contributed by atoms with Crippen molar-refractivity contribution in [2.24, 2.45) is 10.2 Å². The lowest BCUT2D eigenvalue weighted by molar-refractivity contribution is -0.384. The van der Waals surface area contributed by atoms with E-state index in [0.29, 0.717) is 36.6 Å². The van der Waals surface area contributed by atoms with E-state index in [1.54, 1.807) is 19.1 Å². The van der Waals surface area contributed by atoms with Gasteiger partial charge in [0.2, 0.25) is 0 Å². The molecule has 170 valence electrons. The first-order valence-corrected chi connectivity index (χ1v) is 9.93. The summed E-state index contributed by atoms with van der Waals surface area (Å²) in [5.41, 5.74) is 2.31. The van der Waals surface area contributed by atoms with Crippen LogP contribution in [0, 0.1) is 10.1 Å². The van der Waals surface area contributed by atoms with Crippen molar-refractivity contribution in [2.45, 2.75) is 6.92 Å². The highest BCUT2D eigenvalue weighted by atomic mass is 16.6. The number of carbonyl (C=O) groups is 1. The van der Waals surface area contributed by atoms with Gasteiger partial charge in [0.1, 0.15) is 6.61 Å². The standard InChI is InChI=1S/C22H26N4O6/c1-17(2)22(28)32-15-12-25(11-14-31-16-13-27)20-7-3-18(4-8-20)23-24-19-5-9-21(10-6-19)26(29)30/h3-10,27H,1,11-16H2,2H3. The maximum atomic E-state index is 11.6. The Hall–Kier alpha value is -3.63. The molecule has 0 unspecified atom stereocenters. The molecule has 0 amide bonds. The molecular weight excluding hydrogens is 416 g/mol. The Labute approximate surface area is 185 Å². The van der Waals surface area contributed by atoms with E-state index >= 15 is 0 Å². The fourth-order valence-corrected chi connectivity index (χ4v) is 2.57. The summed E-state index contributed by atoms with van der Waals surface area (Å²) in [5.74, 6) is -0.441. The Bertz CT molecular complexity index is 928. The number of nitro groups is 1. The van der Waals surface area contributed by atoms with E-state index in [9.17, 15) is 14.9 Å². The van der Waals surface area contributed by atoms with Crippen LogP contribution >= 0.6 is 0 Å². The molecule has 32 heavy (non-hydrogen) atoms. The summed E-state index contributed by atoms with van der Waals surface area (Å²) in [6, 6.07) is 13.1. The number of benzene rings is 2. The van der Waals surface area contributed by atoms with Gasteiger partial charge >= 0.3 is 5.97 Å². The number of aliphatic hydroxyl groups is 1. The van der Waals surface area contributed by atoms with Gasteiger partial charge in [-0.1, -0.05) is 6.58 Å². The van der Waals surface area contributed by atoms with E-state index in [-0.39, 0.29) is 25.5 Å². The number of hydrogen-bond acceptors (Lipinski definition) is 9. The van der Waals surface area contributed by atoms with Gasteiger partial charge in [-0.15, -0.1) is 0 Å². The zero-order valence-electron chi connectivity index (χ0n) is 17.8. The first-order chi connectivity index (χ1) is 15.4. The van der Waals surface area contributed by atoms with Crippen LogP contribution in [0.4, 0.5) is 22.7 Å². The number of carbonyl (C=O) groups excluding carboxylic acids is 1. The van der Waals surface area contributed by atoms with Crippen LogP contribution in [0.15, 0.2) is 70.9 Å². The van der Waals surface area contributed by atoms with Crippen LogP contribution in [0.25, 0.3) is 0 Å². The molecule has 10 nitrogen and oxygen atoms in total. The number of esters is 1. The Morgan fingerprint density at radius 3 is 2.12 bits per heavy atom. The molecule has 0 bridgehead atoms. The second kappa shape index (κ2) is 12.9. The fourth-order valence-electron chi connectivity index (χ4n) is 2.57. The Balaban J connectivity index is 2.01.